The number of halogens is 4. The third kappa shape index (κ3) is 4.85. The molecule has 0 N–H and O–H groups in total. The monoisotopic (exact) mass is 438 g/mol. The van der Waals surface area contributed by atoms with E-state index in [1.807, 2.05) is 50.2 Å². The number of alkyl halides is 4. The van der Waals surface area contributed by atoms with Crippen LogP contribution in [0.15, 0.2) is 102 Å². The molecule has 0 saturated carbocycles. The van der Waals surface area contributed by atoms with Crippen LogP contribution >= 0.6 is 0 Å². The number of hydrogen-bond donors (Lipinski definition) is 0. The SMILES string of the molecule is C=C(/C=C/c1ccc(-c2ccc(C)cc2)cc1)C(F)(F)C(F)(F)C(=C)C1=CC=C(C)CC1. The minimum Gasteiger partial charge on any atom is -0.194 e. The Labute approximate surface area is 187 Å². The first-order chi connectivity index (χ1) is 15.0. The second-order valence-electron chi connectivity index (χ2n) is 8.18. The first kappa shape index (κ1) is 23.5. The van der Waals surface area contributed by atoms with E-state index in [-0.39, 0.29) is 12.0 Å². The van der Waals surface area contributed by atoms with E-state index >= 15 is 0 Å². The maximum absolute atomic E-state index is 14.7. The minimum atomic E-state index is -4.46. The molecule has 2 aromatic rings. The van der Waals surface area contributed by atoms with Crippen LogP contribution in [0.1, 0.15) is 30.9 Å². The molecule has 0 radical (unpaired) electrons. The maximum Gasteiger partial charge on any atom is 0.339 e. The van der Waals surface area contributed by atoms with Crippen LogP contribution in [0, 0.1) is 6.92 Å². The molecule has 0 heterocycles. The third-order valence-electron chi connectivity index (χ3n) is 5.69. The summed E-state index contributed by atoms with van der Waals surface area (Å²) in [5.41, 5.74) is 3.09. The van der Waals surface area contributed by atoms with Crippen molar-refractivity contribution in [2.24, 2.45) is 0 Å². The molecule has 0 spiro atoms. The first-order valence-electron chi connectivity index (χ1n) is 10.4. The van der Waals surface area contributed by atoms with Gasteiger partial charge in [0.2, 0.25) is 0 Å². The molecule has 2 aromatic carbocycles. The van der Waals surface area contributed by atoms with Gasteiger partial charge in [0.25, 0.3) is 0 Å². The van der Waals surface area contributed by atoms with Gasteiger partial charge in [-0.1, -0.05) is 97.1 Å². The van der Waals surface area contributed by atoms with Crippen molar-refractivity contribution in [2.75, 3.05) is 0 Å². The van der Waals surface area contributed by atoms with E-state index in [1.54, 1.807) is 18.2 Å². The summed E-state index contributed by atoms with van der Waals surface area (Å²) in [5, 5.41) is 0. The highest BCUT2D eigenvalue weighted by Crippen LogP contribution is 2.47. The van der Waals surface area contributed by atoms with Gasteiger partial charge in [0.15, 0.2) is 0 Å². The Bertz CT molecular complexity index is 1100. The van der Waals surface area contributed by atoms with Crippen LogP contribution in [-0.4, -0.2) is 11.8 Å². The molecule has 4 heteroatoms. The van der Waals surface area contributed by atoms with Crippen molar-refractivity contribution in [1.29, 1.82) is 0 Å². The average molecular weight is 439 g/mol. The summed E-state index contributed by atoms with van der Waals surface area (Å²) in [6.45, 7) is 10.4. The Kier molecular flexibility index (Phi) is 6.73. The second-order valence-corrected chi connectivity index (χ2v) is 8.18. The second kappa shape index (κ2) is 9.15. The summed E-state index contributed by atoms with van der Waals surface area (Å²) in [4.78, 5) is 0. The van der Waals surface area contributed by atoms with Crippen LogP contribution < -0.4 is 0 Å². The predicted molar refractivity (Wildman–Crippen MR) is 125 cm³/mol. The van der Waals surface area contributed by atoms with Crippen molar-refractivity contribution in [3.05, 3.63) is 113 Å². The first-order valence-corrected chi connectivity index (χ1v) is 10.4. The van der Waals surface area contributed by atoms with Gasteiger partial charge in [-0.05, 0) is 49.0 Å². The molecule has 0 nitrogen and oxygen atoms in total. The zero-order valence-corrected chi connectivity index (χ0v) is 18.3. The fourth-order valence-corrected chi connectivity index (χ4v) is 3.42. The molecule has 3 rings (SSSR count). The molecule has 0 amide bonds. The largest absolute Gasteiger partial charge is 0.339 e. The Balaban J connectivity index is 1.74. The predicted octanol–water partition coefficient (Wildman–Crippen LogP) is 8.72. The lowest BCUT2D eigenvalue weighted by atomic mass is 9.87. The molecule has 166 valence electrons. The topological polar surface area (TPSA) is 0 Å². The van der Waals surface area contributed by atoms with Gasteiger partial charge in [0.05, 0.1) is 0 Å². The molecule has 32 heavy (non-hydrogen) atoms. The van der Waals surface area contributed by atoms with Crippen molar-refractivity contribution in [3.63, 3.8) is 0 Å². The van der Waals surface area contributed by atoms with Crippen LogP contribution in [0.25, 0.3) is 17.2 Å². The van der Waals surface area contributed by atoms with Crippen molar-refractivity contribution in [1.82, 2.24) is 0 Å². The highest BCUT2D eigenvalue weighted by Gasteiger charge is 2.59. The van der Waals surface area contributed by atoms with Crippen LogP contribution in [0.4, 0.5) is 17.6 Å². The highest BCUT2D eigenvalue weighted by atomic mass is 19.3. The van der Waals surface area contributed by atoms with Crippen molar-refractivity contribution in [3.8, 4) is 11.1 Å². The summed E-state index contributed by atoms with van der Waals surface area (Å²) >= 11 is 0. The van der Waals surface area contributed by atoms with Gasteiger partial charge in [-0.15, -0.1) is 0 Å². The van der Waals surface area contributed by atoms with E-state index in [4.69, 9.17) is 0 Å². The van der Waals surface area contributed by atoms with Crippen molar-refractivity contribution in [2.45, 2.75) is 38.5 Å². The van der Waals surface area contributed by atoms with E-state index in [0.717, 1.165) is 28.3 Å². The molecule has 1 aliphatic carbocycles. The zero-order valence-electron chi connectivity index (χ0n) is 18.3. The van der Waals surface area contributed by atoms with E-state index in [0.29, 0.717) is 12.0 Å². The lowest BCUT2D eigenvalue weighted by Crippen LogP contribution is -2.43. The van der Waals surface area contributed by atoms with Gasteiger partial charge >= 0.3 is 11.8 Å². The molecule has 0 unspecified atom stereocenters. The van der Waals surface area contributed by atoms with Gasteiger partial charge in [0.1, 0.15) is 0 Å². The van der Waals surface area contributed by atoms with Gasteiger partial charge < -0.3 is 0 Å². The Morgan fingerprint density at radius 2 is 1.34 bits per heavy atom. The van der Waals surface area contributed by atoms with Crippen LogP contribution in [0.3, 0.4) is 0 Å². The number of rotatable bonds is 7. The Hall–Kier alpha value is -3.14. The normalized spacial score (nSPS) is 14.8. The van der Waals surface area contributed by atoms with Crippen molar-refractivity contribution >= 4 is 6.08 Å². The average Bonchev–Trinajstić information content (AvgIpc) is 2.78. The van der Waals surface area contributed by atoms with E-state index < -0.39 is 23.0 Å². The summed E-state index contributed by atoms with van der Waals surface area (Å²) < 4.78 is 58.8. The van der Waals surface area contributed by atoms with Crippen LogP contribution in [0.5, 0.6) is 0 Å². The quantitative estimate of drug-likeness (QED) is 0.299. The molecule has 0 bridgehead atoms. The lowest BCUT2D eigenvalue weighted by molar-refractivity contribution is -0.157. The summed E-state index contributed by atoms with van der Waals surface area (Å²) in [5.74, 6) is -8.89. The van der Waals surface area contributed by atoms with Crippen molar-refractivity contribution < 1.29 is 17.6 Å². The van der Waals surface area contributed by atoms with Gasteiger partial charge in [-0.3, -0.25) is 0 Å². The lowest BCUT2D eigenvalue weighted by Gasteiger charge is -2.30. The van der Waals surface area contributed by atoms with Gasteiger partial charge in [-0.2, -0.15) is 17.6 Å². The number of allylic oxidation sites excluding steroid dienone is 7. The molecule has 0 aliphatic heterocycles. The fraction of sp³-hybridized carbons (Fsp3) is 0.214. The van der Waals surface area contributed by atoms with E-state index in [1.165, 1.54) is 12.2 Å². The van der Waals surface area contributed by atoms with E-state index in [9.17, 15) is 17.6 Å². The molecular formula is C28H26F4. The number of hydrogen-bond acceptors (Lipinski definition) is 0. The maximum atomic E-state index is 14.7. The number of benzene rings is 2. The molecule has 0 aromatic heterocycles. The highest BCUT2D eigenvalue weighted by molar-refractivity contribution is 5.66. The van der Waals surface area contributed by atoms with Crippen LogP contribution in [0.2, 0.25) is 0 Å². The Morgan fingerprint density at radius 1 is 0.781 bits per heavy atom. The summed E-state index contributed by atoms with van der Waals surface area (Å²) in [6, 6.07) is 15.2. The van der Waals surface area contributed by atoms with Crippen LogP contribution in [-0.2, 0) is 0 Å². The molecule has 0 atom stereocenters. The Morgan fingerprint density at radius 3 is 1.88 bits per heavy atom. The fourth-order valence-electron chi connectivity index (χ4n) is 3.42. The zero-order chi connectivity index (χ0) is 23.5. The van der Waals surface area contributed by atoms with Gasteiger partial charge in [0, 0.05) is 11.1 Å². The third-order valence-corrected chi connectivity index (χ3v) is 5.69. The molecule has 1 aliphatic rings. The van der Waals surface area contributed by atoms with Gasteiger partial charge in [-0.25, -0.2) is 0 Å². The standard InChI is InChI=1S/C28H26F4/c1-19-5-13-24(14-6-19)22(4)28(31,32)27(29,30)21(3)9-10-23-11-17-26(18-12-23)25-15-7-20(2)8-16-25/h5,7-13,15-18H,3-4,6,14H2,1-2H3/b10-9+. The number of aryl methyl sites for hydroxylation is 1. The smallest absolute Gasteiger partial charge is 0.194 e. The molecule has 0 fully saturated rings. The molecule has 0 saturated heterocycles. The minimum absolute atomic E-state index is 0.142. The van der Waals surface area contributed by atoms with E-state index in [2.05, 4.69) is 13.2 Å². The summed E-state index contributed by atoms with van der Waals surface area (Å²) in [6.07, 6.45) is 6.22. The summed E-state index contributed by atoms with van der Waals surface area (Å²) in [7, 11) is 0. The molecular weight excluding hydrogens is 412 g/mol.